The molecule has 0 radical (unpaired) electrons. The Balaban J connectivity index is 1.90. The molecule has 24 heavy (non-hydrogen) atoms. The molecule has 1 amide bonds. The van der Waals surface area contributed by atoms with E-state index in [4.69, 9.17) is 5.11 Å². The number of aliphatic carboxylic acids is 1. The van der Waals surface area contributed by atoms with Crippen molar-refractivity contribution in [3.63, 3.8) is 0 Å². The van der Waals surface area contributed by atoms with E-state index in [9.17, 15) is 18.0 Å². The molecule has 7 heteroatoms. The van der Waals surface area contributed by atoms with Gasteiger partial charge in [-0.15, -0.1) is 0 Å². The van der Waals surface area contributed by atoms with Crippen molar-refractivity contribution in [1.82, 2.24) is 4.90 Å². The summed E-state index contributed by atoms with van der Waals surface area (Å²) in [5.74, 6) is -0.599. The smallest absolute Gasteiger partial charge is 0.303 e. The summed E-state index contributed by atoms with van der Waals surface area (Å²) in [5, 5.41) is 8.81. The van der Waals surface area contributed by atoms with Gasteiger partial charge in [0.2, 0.25) is 5.91 Å². The Hall–Kier alpha value is -1.89. The molecule has 1 aromatic rings. The Labute approximate surface area is 142 Å². The van der Waals surface area contributed by atoms with Gasteiger partial charge in [0.15, 0.2) is 9.84 Å². The molecule has 2 rings (SSSR count). The van der Waals surface area contributed by atoms with E-state index in [-0.39, 0.29) is 35.3 Å². The molecule has 1 aliphatic rings. The van der Waals surface area contributed by atoms with Crippen molar-refractivity contribution < 1.29 is 23.1 Å². The number of piperidine rings is 1. The molecule has 1 N–H and O–H groups in total. The Morgan fingerprint density at radius 1 is 1.17 bits per heavy atom. The summed E-state index contributed by atoms with van der Waals surface area (Å²) < 4.78 is 23.5. The van der Waals surface area contributed by atoms with Crippen LogP contribution in [0.4, 0.5) is 0 Å². The van der Waals surface area contributed by atoms with Gasteiger partial charge in [-0.25, -0.2) is 8.42 Å². The Morgan fingerprint density at radius 2 is 1.75 bits per heavy atom. The first-order chi connectivity index (χ1) is 11.3. The molecule has 0 unspecified atom stereocenters. The average Bonchev–Trinajstić information content (AvgIpc) is 2.55. The molecule has 1 heterocycles. The predicted octanol–water partition coefficient (Wildman–Crippen LogP) is 1.74. The van der Waals surface area contributed by atoms with Crippen LogP contribution in [-0.4, -0.2) is 49.1 Å². The molecule has 132 valence electrons. The number of hydrogen-bond donors (Lipinski definition) is 1. The third-order valence-corrected chi connectivity index (χ3v) is 6.20. The van der Waals surface area contributed by atoms with E-state index in [2.05, 4.69) is 0 Å². The lowest BCUT2D eigenvalue weighted by Gasteiger charge is -2.31. The van der Waals surface area contributed by atoms with E-state index < -0.39 is 15.8 Å². The number of benzene rings is 1. The number of sulfone groups is 1. The van der Waals surface area contributed by atoms with Crippen molar-refractivity contribution in [3.05, 3.63) is 29.8 Å². The van der Waals surface area contributed by atoms with Crippen LogP contribution in [0.15, 0.2) is 29.2 Å². The van der Waals surface area contributed by atoms with Gasteiger partial charge in [-0.1, -0.05) is 19.1 Å². The van der Waals surface area contributed by atoms with E-state index in [1.807, 2.05) is 0 Å². The van der Waals surface area contributed by atoms with Gasteiger partial charge in [0.1, 0.15) is 0 Å². The summed E-state index contributed by atoms with van der Waals surface area (Å²) >= 11 is 0. The monoisotopic (exact) mass is 353 g/mol. The van der Waals surface area contributed by atoms with Crippen molar-refractivity contribution in [3.8, 4) is 0 Å². The second kappa shape index (κ2) is 7.79. The van der Waals surface area contributed by atoms with Gasteiger partial charge in [-0.3, -0.25) is 9.59 Å². The normalized spacial score (nSPS) is 16.1. The van der Waals surface area contributed by atoms with E-state index in [1.165, 1.54) is 0 Å². The third kappa shape index (κ3) is 4.80. The van der Waals surface area contributed by atoms with Crippen molar-refractivity contribution in [2.45, 2.75) is 37.5 Å². The van der Waals surface area contributed by atoms with Crippen LogP contribution in [0.3, 0.4) is 0 Å². The number of rotatable bonds is 6. The Kier molecular flexibility index (Phi) is 5.99. The maximum absolute atomic E-state index is 12.3. The van der Waals surface area contributed by atoms with E-state index in [0.29, 0.717) is 25.9 Å². The molecule has 0 saturated carbocycles. The summed E-state index contributed by atoms with van der Waals surface area (Å²) in [6.45, 7) is 2.76. The molecule has 1 aliphatic heterocycles. The van der Waals surface area contributed by atoms with Crippen molar-refractivity contribution in [2.75, 3.05) is 18.8 Å². The second-order valence-electron chi connectivity index (χ2n) is 6.15. The Morgan fingerprint density at radius 3 is 2.25 bits per heavy atom. The summed E-state index contributed by atoms with van der Waals surface area (Å²) in [5.41, 5.74) is 0.780. The lowest BCUT2D eigenvalue weighted by molar-refractivity contribution is -0.138. The highest BCUT2D eigenvalue weighted by Crippen LogP contribution is 2.21. The summed E-state index contributed by atoms with van der Waals surface area (Å²) in [7, 11) is -3.22. The molecule has 0 spiro atoms. The van der Waals surface area contributed by atoms with Gasteiger partial charge in [0.25, 0.3) is 0 Å². The van der Waals surface area contributed by atoms with Crippen LogP contribution >= 0.6 is 0 Å². The standard InChI is InChI=1S/C17H23NO5S/c1-2-24(22,23)15-5-3-13(4-6-15)11-16(19)18-9-7-14(8-10-18)12-17(20)21/h3-6,14H,2,7-12H2,1H3,(H,20,21). The molecular formula is C17H23NO5S. The SMILES string of the molecule is CCS(=O)(=O)c1ccc(CC(=O)N2CCC(CC(=O)O)CC2)cc1. The first-order valence-corrected chi connectivity index (χ1v) is 9.78. The minimum absolute atomic E-state index is 0.00475. The topological polar surface area (TPSA) is 91.8 Å². The fourth-order valence-electron chi connectivity index (χ4n) is 2.90. The number of likely N-dealkylation sites (tertiary alicyclic amines) is 1. The minimum atomic E-state index is -3.22. The molecule has 0 aliphatic carbocycles. The average molecular weight is 353 g/mol. The summed E-state index contributed by atoms with van der Waals surface area (Å²) in [6.07, 6.45) is 1.82. The van der Waals surface area contributed by atoms with Crippen LogP contribution in [0, 0.1) is 5.92 Å². The molecule has 0 aromatic heterocycles. The van der Waals surface area contributed by atoms with Gasteiger partial charge >= 0.3 is 5.97 Å². The van der Waals surface area contributed by atoms with Crippen LogP contribution in [0.25, 0.3) is 0 Å². The second-order valence-corrected chi connectivity index (χ2v) is 8.42. The fourth-order valence-corrected chi connectivity index (χ4v) is 3.79. The van der Waals surface area contributed by atoms with Crippen LogP contribution < -0.4 is 0 Å². The van der Waals surface area contributed by atoms with Crippen molar-refractivity contribution in [2.24, 2.45) is 5.92 Å². The summed E-state index contributed by atoms with van der Waals surface area (Å²) in [6, 6.07) is 6.44. The largest absolute Gasteiger partial charge is 0.481 e. The zero-order valence-electron chi connectivity index (χ0n) is 13.8. The lowest BCUT2D eigenvalue weighted by atomic mass is 9.93. The number of amides is 1. The highest BCUT2D eigenvalue weighted by atomic mass is 32.2. The molecule has 6 nitrogen and oxygen atoms in total. The zero-order chi connectivity index (χ0) is 17.7. The highest BCUT2D eigenvalue weighted by molar-refractivity contribution is 7.91. The quantitative estimate of drug-likeness (QED) is 0.841. The third-order valence-electron chi connectivity index (χ3n) is 4.45. The molecular weight excluding hydrogens is 330 g/mol. The lowest BCUT2D eigenvalue weighted by Crippen LogP contribution is -2.39. The number of carbonyl (C=O) groups excluding carboxylic acids is 1. The van der Waals surface area contributed by atoms with Gasteiger partial charge in [-0.2, -0.15) is 0 Å². The van der Waals surface area contributed by atoms with Crippen LogP contribution in [0.5, 0.6) is 0 Å². The fraction of sp³-hybridized carbons (Fsp3) is 0.529. The predicted molar refractivity (Wildman–Crippen MR) is 89.4 cm³/mol. The number of carboxylic acids is 1. The van der Waals surface area contributed by atoms with E-state index in [1.54, 1.807) is 36.1 Å². The number of carboxylic acid groups (broad SMARTS) is 1. The van der Waals surface area contributed by atoms with Gasteiger partial charge in [0, 0.05) is 19.5 Å². The van der Waals surface area contributed by atoms with E-state index >= 15 is 0 Å². The van der Waals surface area contributed by atoms with Gasteiger partial charge in [-0.05, 0) is 36.5 Å². The first-order valence-electron chi connectivity index (χ1n) is 8.13. The maximum Gasteiger partial charge on any atom is 0.303 e. The number of hydrogen-bond acceptors (Lipinski definition) is 4. The minimum Gasteiger partial charge on any atom is -0.481 e. The molecule has 0 atom stereocenters. The van der Waals surface area contributed by atoms with Crippen LogP contribution in [0.1, 0.15) is 31.7 Å². The van der Waals surface area contributed by atoms with Gasteiger partial charge in [0.05, 0.1) is 17.1 Å². The molecule has 1 aromatic carbocycles. The molecule has 1 saturated heterocycles. The number of nitrogens with zero attached hydrogens (tertiary/aromatic N) is 1. The maximum atomic E-state index is 12.3. The Bertz CT molecular complexity index is 688. The first kappa shape index (κ1) is 18.4. The van der Waals surface area contributed by atoms with Crippen LogP contribution in [0.2, 0.25) is 0 Å². The van der Waals surface area contributed by atoms with Gasteiger partial charge < -0.3 is 10.0 Å². The molecule has 1 fully saturated rings. The van der Waals surface area contributed by atoms with E-state index in [0.717, 1.165) is 5.56 Å². The molecule has 0 bridgehead atoms. The zero-order valence-corrected chi connectivity index (χ0v) is 14.6. The van der Waals surface area contributed by atoms with Crippen LogP contribution in [-0.2, 0) is 25.8 Å². The van der Waals surface area contributed by atoms with Crippen molar-refractivity contribution in [1.29, 1.82) is 0 Å². The number of carbonyl (C=O) groups is 2. The van der Waals surface area contributed by atoms with Crippen molar-refractivity contribution >= 4 is 21.7 Å². The highest BCUT2D eigenvalue weighted by Gasteiger charge is 2.24. The summed E-state index contributed by atoms with van der Waals surface area (Å²) in [4.78, 5) is 25.1.